The highest BCUT2D eigenvalue weighted by Crippen LogP contribution is 2.21. The average Bonchev–Trinajstić information content (AvgIpc) is 3.14. The number of carbonyl (C=O) groups is 2. The maximum atomic E-state index is 12.2. The van der Waals surface area contributed by atoms with Crippen LogP contribution in [-0.4, -0.2) is 47.7 Å². The molecule has 168 valence electrons. The van der Waals surface area contributed by atoms with Gasteiger partial charge < -0.3 is 14.7 Å². The molecule has 0 saturated carbocycles. The van der Waals surface area contributed by atoms with Crippen LogP contribution in [0, 0.1) is 17.8 Å². The minimum atomic E-state index is -0.516. The summed E-state index contributed by atoms with van der Waals surface area (Å²) in [5.74, 6) is 6.11. The number of ether oxygens (including phenoxy) is 1. The summed E-state index contributed by atoms with van der Waals surface area (Å²) >= 11 is 0. The second-order valence-corrected chi connectivity index (χ2v) is 8.14. The van der Waals surface area contributed by atoms with Gasteiger partial charge in [-0.25, -0.2) is 0 Å². The SMILES string of the molecule is COC(=O)CCCC#CCN1C(=O)CC[C@@H]1/C=C/[C@@H](O)[C@@H](C)CCCc1ccccc1. The maximum Gasteiger partial charge on any atom is 0.305 e. The van der Waals surface area contributed by atoms with E-state index in [2.05, 4.69) is 47.8 Å². The van der Waals surface area contributed by atoms with Crippen LogP contribution in [0.4, 0.5) is 0 Å². The molecule has 1 saturated heterocycles. The summed E-state index contributed by atoms with van der Waals surface area (Å²) in [5, 5.41) is 10.5. The van der Waals surface area contributed by atoms with Crippen molar-refractivity contribution >= 4 is 11.9 Å². The second-order valence-electron chi connectivity index (χ2n) is 8.14. The van der Waals surface area contributed by atoms with E-state index < -0.39 is 6.10 Å². The van der Waals surface area contributed by atoms with E-state index in [1.165, 1.54) is 12.7 Å². The molecule has 3 atom stereocenters. The Labute approximate surface area is 186 Å². The zero-order valence-corrected chi connectivity index (χ0v) is 18.8. The number of unbranched alkanes of at least 4 members (excludes halogenated alkanes) is 1. The lowest BCUT2D eigenvalue weighted by molar-refractivity contribution is -0.140. The monoisotopic (exact) mass is 425 g/mol. The van der Waals surface area contributed by atoms with Gasteiger partial charge in [0.25, 0.3) is 0 Å². The Morgan fingerprint density at radius 3 is 2.81 bits per heavy atom. The van der Waals surface area contributed by atoms with Gasteiger partial charge in [-0.05, 0) is 43.6 Å². The van der Waals surface area contributed by atoms with Crippen LogP contribution in [0.2, 0.25) is 0 Å². The lowest BCUT2D eigenvalue weighted by Crippen LogP contribution is -2.32. The van der Waals surface area contributed by atoms with Crippen LogP contribution in [-0.2, 0) is 20.7 Å². The van der Waals surface area contributed by atoms with E-state index in [0.717, 1.165) is 25.7 Å². The first-order chi connectivity index (χ1) is 15.0. The van der Waals surface area contributed by atoms with Crippen molar-refractivity contribution < 1.29 is 19.4 Å². The van der Waals surface area contributed by atoms with Gasteiger partial charge >= 0.3 is 5.97 Å². The van der Waals surface area contributed by atoms with E-state index in [4.69, 9.17) is 0 Å². The third kappa shape index (κ3) is 8.98. The molecule has 2 rings (SSSR count). The summed E-state index contributed by atoms with van der Waals surface area (Å²) < 4.78 is 4.60. The number of likely N-dealkylation sites (tertiary alicyclic amines) is 1. The molecule has 1 aromatic rings. The number of aliphatic hydroxyl groups is 1. The molecule has 0 unspecified atom stereocenters. The van der Waals surface area contributed by atoms with Crippen LogP contribution < -0.4 is 0 Å². The number of hydrogen-bond donors (Lipinski definition) is 1. The summed E-state index contributed by atoms with van der Waals surface area (Å²) in [7, 11) is 1.38. The van der Waals surface area contributed by atoms with Gasteiger partial charge in [0.05, 0.1) is 25.8 Å². The van der Waals surface area contributed by atoms with Crippen molar-refractivity contribution in [2.45, 2.75) is 70.4 Å². The molecule has 1 aromatic carbocycles. The van der Waals surface area contributed by atoms with E-state index in [9.17, 15) is 14.7 Å². The number of esters is 1. The number of benzene rings is 1. The fourth-order valence-corrected chi connectivity index (χ4v) is 3.69. The molecule has 0 aromatic heterocycles. The molecule has 0 radical (unpaired) electrons. The van der Waals surface area contributed by atoms with Gasteiger partial charge in [0.15, 0.2) is 0 Å². The van der Waals surface area contributed by atoms with Crippen molar-refractivity contribution in [2.24, 2.45) is 5.92 Å². The van der Waals surface area contributed by atoms with Crippen LogP contribution in [0.25, 0.3) is 0 Å². The average molecular weight is 426 g/mol. The molecule has 1 aliphatic heterocycles. The molecule has 0 spiro atoms. The molecule has 1 fully saturated rings. The zero-order valence-electron chi connectivity index (χ0n) is 18.8. The standard InChI is InChI=1S/C26H35NO4/c1-21(11-10-14-22-12-6-5-7-13-22)24(28)18-16-23-17-19-25(29)27(23)20-9-4-3-8-15-26(30)31-2/h5-7,12-13,16,18,21,23-24,28H,3,8,10-11,14-15,17,19-20H2,1-2H3/b18-16+/t21-,23-,24+/m0/s1. The van der Waals surface area contributed by atoms with Crippen LogP contribution in [0.3, 0.4) is 0 Å². The van der Waals surface area contributed by atoms with Crippen molar-refractivity contribution in [3.63, 3.8) is 0 Å². The number of aliphatic hydroxyl groups excluding tert-OH is 1. The van der Waals surface area contributed by atoms with E-state index in [-0.39, 0.29) is 23.8 Å². The first-order valence-electron chi connectivity index (χ1n) is 11.2. The maximum absolute atomic E-state index is 12.2. The van der Waals surface area contributed by atoms with Crippen molar-refractivity contribution in [2.75, 3.05) is 13.7 Å². The lowest BCUT2D eigenvalue weighted by atomic mass is 9.95. The van der Waals surface area contributed by atoms with Crippen molar-refractivity contribution in [1.82, 2.24) is 4.90 Å². The number of rotatable bonds is 11. The van der Waals surface area contributed by atoms with Crippen LogP contribution in [0.15, 0.2) is 42.5 Å². The zero-order chi connectivity index (χ0) is 22.5. The van der Waals surface area contributed by atoms with E-state index in [1.54, 1.807) is 4.90 Å². The molecule has 31 heavy (non-hydrogen) atoms. The molecule has 1 amide bonds. The summed E-state index contributed by atoms with van der Waals surface area (Å²) in [6.45, 7) is 2.45. The van der Waals surface area contributed by atoms with Gasteiger partial charge in [0, 0.05) is 19.3 Å². The smallest absolute Gasteiger partial charge is 0.305 e. The van der Waals surface area contributed by atoms with E-state index in [1.807, 2.05) is 18.2 Å². The summed E-state index contributed by atoms with van der Waals surface area (Å²) in [6.07, 6.45) is 9.19. The normalized spacial score (nSPS) is 18.0. The molecule has 5 nitrogen and oxygen atoms in total. The number of amides is 1. The molecular formula is C26H35NO4. The number of methoxy groups -OCH3 is 1. The van der Waals surface area contributed by atoms with Crippen molar-refractivity contribution in [3.05, 3.63) is 48.0 Å². The largest absolute Gasteiger partial charge is 0.469 e. The summed E-state index contributed by atoms with van der Waals surface area (Å²) in [4.78, 5) is 25.0. The third-order valence-corrected chi connectivity index (χ3v) is 5.74. The Kier molecular flexibility index (Phi) is 10.9. The number of hydrogen-bond acceptors (Lipinski definition) is 4. The minimum Gasteiger partial charge on any atom is -0.469 e. The molecule has 1 N–H and O–H groups in total. The van der Waals surface area contributed by atoms with Gasteiger partial charge in [-0.2, -0.15) is 0 Å². The number of aryl methyl sites for hydroxylation is 1. The Bertz CT molecular complexity index is 778. The highest BCUT2D eigenvalue weighted by Gasteiger charge is 2.28. The van der Waals surface area contributed by atoms with Gasteiger partial charge in [0.1, 0.15) is 0 Å². The van der Waals surface area contributed by atoms with Crippen molar-refractivity contribution in [3.8, 4) is 11.8 Å². The molecule has 1 aliphatic rings. The predicted octanol–water partition coefficient (Wildman–Crippen LogP) is 3.90. The van der Waals surface area contributed by atoms with Crippen LogP contribution in [0.5, 0.6) is 0 Å². The van der Waals surface area contributed by atoms with Crippen LogP contribution in [0.1, 0.15) is 57.4 Å². The van der Waals surface area contributed by atoms with Crippen LogP contribution >= 0.6 is 0 Å². The first kappa shape index (κ1) is 24.7. The fraction of sp³-hybridized carbons (Fsp3) is 0.538. The van der Waals surface area contributed by atoms with Gasteiger partial charge in [-0.3, -0.25) is 9.59 Å². The summed E-state index contributed by atoms with van der Waals surface area (Å²) in [6, 6.07) is 10.4. The Balaban J connectivity index is 1.74. The number of nitrogens with zero attached hydrogens (tertiary/aromatic N) is 1. The van der Waals surface area contributed by atoms with Gasteiger partial charge in [0.2, 0.25) is 5.91 Å². The topological polar surface area (TPSA) is 66.8 Å². The number of carbonyl (C=O) groups excluding carboxylic acids is 2. The molecule has 5 heteroatoms. The molecular weight excluding hydrogens is 390 g/mol. The first-order valence-corrected chi connectivity index (χ1v) is 11.2. The third-order valence-electron chi connectivity index (χ3n) is 5.74. The minimum absolute atomic E-state index is 0.0111. The lowest BCUT2D eigenvalue weighted by Gasteiger charge is -2.21. The summed E-state index contributed by atoms with van der Waals surface area (Å²) in [5.41, 5.74) is 1.33. The molecule has 0 aliphatic carbocycles. The highest BCUT2D eigenvalue weighted by molar-refractivity contribution is 5.79. The Hall–Kier alpha value is -2.58. The molecule has 0 bridgehead atoms. The van der Waals surface area contributed by atoms with Gasteiger partial charge in [-0.15, -0.1) is 5.92 Å². The Morgan fingerprint density at radius 1 is 1.29 bits per heavy atom. The second kappa shape index (κ2) is 13.7. The van der Waals surface area contributed by atoms with Gasteiger partial charge in [-0.1, -0.05) is 55.3 Å². The quantitative estimate of drug-likeness (QED) is 0.253. The van der Waals surface area contributed by atoms with Crippen molar-refractivity contribution in [1.29, 1.82) is 0 Å². The fourth-order valence-electron chi connectivity index (χ4n) is 3.69. The van der Waals surface area contributed by atoms with E-state index in [0.29, 0.717) is 32.2 Å². The molecule has 1 heterocycles. The highest BCUT2D eigenvalue weighted by atomic mass is 16.5. The predicted molar refractivity (Wildman–Crippen MR) is 122 cm³/mol. The van der Waals surface area contributed by atoms with E-state index >= 15 is 0 Å². The Morgan fingerprint density at radius 2 is 2.06 bits per heavy atom.